The van der Waals surface area contributed by atoms with E-state index in [4.69, 9.17) is 4.74 Å². The normalized spacial score (nSPS) is 22.1. The maximum Gasteiger partial charge on any atom is 0.425 e. The average molecular weight is 503 g/mol. The molecule has 2 aliphatic heterocycles. The Hall–Kier alpha value is -2.56. The number of alkyl halides is 3. The number of hydrogen-bond acceptors (Lipinski definition) is 5. The van der Waals surface area contributed by atoms with E-state index < -0.39 is 35.6 Å². The Morgan fingerprint density at radius 3 is 2.40 bits per heavy atom. The van der Waals surface area contributed by atoms with Crippen molar-refractivity contribution >= 4 is 12.1 Å². The van der Waals surface area contributed by atoms with Crippen LogP contribution in [0.25, 0.3) is 0 Å². The molecule has 2 saturated heterocycles. The standard InChI is InChI=1S/C24H30F4N2O5/c1-16(24(26,27)28)35-21(33)29-11-8-23(9-12-29)5-2-10-30(23)14-17-13-18(25)3-4-19(17)34-15-22(6-7-22)20(31)32/h3-4,13,16H,2,5-12,14-15H2,1H3,(H,31,32). The lowest BCUT2D eigenvalue weighted by Gasteiger charge is -2.45. The third-order valence-corrected chi connectivity index (χ3v) is 7.63. The Labute approximate surface area is 201 Å². The zero-order valence-corrected chi connectivity index (χ0v) is 19.6. The van der Waals surface area contributed by atoms with Crippen LogP contribution in [-0.2, 0) is 16.1 Å². The van der Waals surface area contributed by atoms with Gasteiger partial charge in [-0.05, 0) is 70.2 Å². The molecule has 7 nitrogen and oxygen atoms in total. The molecule has 2 heterocycles. The van der Waals surface area contributed by atoms with E-state index in [1.807, 2.05) is 0 Å². The van der Waals surface area contributed by atoms with Gasteiger partial charge in [-0.25, -0.2) is 9.18 Å². The van der Waals surface area contributed by atoms with E-state index in [9.17, 15) is 32.3 Å². The molecule has 4 rings (SSSR count). The molecule has 1 atom stereocenters. The van der Waals surface area contributed by atoms with Crippen molar-refractivity contribution in [1.29, 1.82) is 0 Å². The van der Waals surface area contributed by atoms with Crippen LogP contribution in [0.4, 0.5) is 22.4 Å². The second-order valence-electron chi connectivity index (χ2n) is 9.93. The molecule has 1 aromatic carbocycles. The third-order valence-electron chi connectivity index (χ3n) is 7.63. The number of carboxylic acids is 1. The van der Waals surface area contributed by atoms with Gasteiger partial charge in [-0.2, -0.15) is 13.2 Å². The molecule has 1 spiro atoms. The highest BCUT2D eigenvalue weighted by Crippen LogP contribution is 2.46. The van der Waals surface area contributed by atoms with Gasteiger partial charge >= 0.3 is 18.2 Å². The summed E-state index contributed by atoms with van der Waals surface area (Å²) in [6, 6.07) is 4.20. The molecule has 1 N–H and O–H groups in total. The largest absolute Gasteiger partial charge is 0.492 e. The molecular formula is C24H30F4N2O5. The molecular weight excluding hydrogens is 472 g/mol. The highest BCUT2D eigenvalue weighted by Gasteiger charge is 2.51. The number of halogens is 4. The fraction of sp³-hybridized carbons (Fsp3) is 0.667. The lowest BCUT2D eigenvalue weighted by molar-refractivity contribution is -0.200. The SMILES string of the molecule is CC(OC(=O)N1CCC2(CCCN2Cc2cc(F)ccc2OCC2(C(=O)O)CC2)CC1)C(F)(F)F. The van der Waals surface area contributed by atoms with Crippen molar-refractivity contribution in [3.8, 4) is 5.75 Å². The van der Waals surface area contributed by atoms with Gasteiger partial charge in [0.2, 0.25) is 0 Å². The average Bonchev–Trinajstić information content (AvgIpc) is 3.50. The van der Waals surface area contributed by atoms with Crippen molar-refractivity contribution in [3.63, 3.8) is 0 Å². The van der Waals surface area contributed by atoms with Crippen LogP contribution in [0.5, 0.6) is 5.75 Å². The second-order valence-corrected chi connectivity index (χ2v) is 9.93. The summed E-state index contributed by atoms with van der Waals surface area (Å²) >= 11 is 0. The first-order chi connectivity index (χ1) is 16.4. The Kier molecular flexibility index (Phi) is 6.91. The zero-order valence-electron chi connectivity index (χ0n) is 19.6. The minimum atomic E-state index is -4.61. The lowest BCUT2D eigenvalue weighted by Crippen LogP contribution is -2.53. The van der Waals surface area contributed by atoms with Gasteiger partial charge in [-0.1, -0.05) is 0 Å². The first kappa shape index (κ1) is 25.5. The fourth-order valence-electron chi connectivity index (χ4n) is 5.01. The van der Waals surface area contributed by atoms with Crippen LogP contribution in [-0.4, -0.2) is 71.0 Å². The first-order valence-electron chi connectivity index (χ1n) is 11.9. The summed E-state index contributed by atoms with van der Waals surface area (Å²) in [5.74, 6) is -0.867. The van der Waals surface area contributed by atoms with Gasteiger partial charge in [-0.15, -0.1) is 0 Å². The van der Waals surface area contributed by atoms with Gasteiger partial charge in [-0.3, -0.25) is 9.69 Å². The molecule has 1 saturated carbocycles. The number of carboxylic acid groups (broad SMARTS) is 1. The van der Waals surface area contributed by atoms with Gasteiger partial charge < -0.3 is 19.5 Å². The molecule has 0 bridgehead atoms. The van der Waals surface area contributed by atoms with Crippen LogP contribution >= 0.6 is 0 Å². The molecule has 194 valence electrons. The number of amides is 1. The number of piperidine rings is 1. The number of nitrogens with zero attached hydrogens (tertiary/aromatic N) is 2. The first-order valence-corrected chi connectivity index (χ1v) is 11.9. The maximum absolute atomic E-state index is 14.1. The molecule has 3 fully saturated rings. The van der Waals surface area contributed by atoms with E-state index >= 15 is 0 Å². The molecule has 1 unspecified atom stereocenters. The number of ether oxygens (including phenoxy) is 2. The van der Waals surface area contributed by atoms with Gasteiger partial charge in [0.1, 0.15) is 23.6 Å². The number of likely N-dealkylation sites (tertiary alicyclic amines) is 2. The number of carbonyl (C=O) groups is 2. The Morgan fingerprint density at radius 1 is 1.11 bits per heavy atom. The summed E-state index contributed by atoms with van der Waals surface area (Å²) in [7, 11) is 0. The molecule has 11 heteroatoms. The van der Waals surface area contributed by atoms with Crippen LogP contribution in [0.1, 0.15) is 51.0 Å². The highest BCUT2D eigenvalue weighted by atomic mass is 19.4. The Bertz CT molecular complexity index is 958. The summed E-state index contributed by atoms with van der Waals surface area (Å²) in [6.07, 6.45) is -3.75. The van der Waals surface area contributed by atoms with E-state index in [1.54, 1.807) is 0 Å². The van der Waals surface area contributed by atoms with Crippen molar-refractivity contribution in [2.75, 3.05) is 26.2 Å². The predicted molar refractivity (Wildman–Crippen MR) is 116 cm³/mol. The van der Waals surface area contributed by atoms with Gasteiger partial charge in [0.25, 0.3) is 0 Å². The maximum atomic E-state index is 14.1. The van der Waals surface area contributed by atoms with E-state index in [-0.39, 0.29) is 25.2 Å². The lowest BCUT2D eigenvalue weighted by atomic mass is 9.85. The van der Waals surface area contributed by atoms with E-state index in [2.05, 4.69) is 9.64 Å². The number of hydrogen-bond donors (Lipinski definition) is 1. The predicted octanol–water partition coefficient (Wildman–Crippen LogP) is 4.59. The van der Waals surface area contributed by atoms with E-state index in [0.717, 1.165) is 26.3 Å². The quantitative estimate of drug-likeness (QED) is 0.550. The van der Waals surface area contributed by atoms with Crippen LogP contribution < -0.4 is 4.74 Å². The molecule has 35 heavy (non-hydrogen) atoms. The number of aliphatic carboxylic acids is 1. The molecule has 1 aliphatic carbocycles. The smallest absolute Gasteiger partial charge is 0.425 e. The monoisotopic (exact) mass is 502 g/mol. The Morgan fingerprint density at radius 2 is 1.80 bits per heavy atom. The minimum absolute atomic E-state index is 0.0273. The van der Waals surface area contributed by atoms with Gasteiger partial charge in [0.15, 0.2) is 6.10 Å². The van der Waals surface area contributed by atoms with Gasteiger partial charge in [0.05, 0.1) is 0 Å². The summed E-state index contributed by atoms with van der Waals surface area (Å²) in [5.41, 5.74) is -0.506. The summed E-state index contributed by atoms with van der Waals surface area (Å²) in [5, 5.41) is 9.40. The molecule has 0 radical (unpaired) electrons. The summed E-state index contributed by atoms with van der Waals surface area (Å²) in [6.45, 7) is 2.52. The van der Waals surface area contributed by atoms with Crippen LogP contribution in [0.3, 0.4) is 0 Å². The van der Waals surface area contributed by atoms with Crippen molar-refractivity contribution in [3.05, 3.63) is 29.6 Å². The van der Waals surface area contributed by atoms with Crippen molar-refractivity contribution in [2.45, 2.75) is 69.8 Å². The Balaban J connectivity index is 1.40. The van der Waals surface area contributed by atoms with E-state index in [0.29, 0.717) is 43.5 Å². The molecule has 3 aliphatic rings. The number of rotatable bonds is 7. The minimum Gasteiger partial charge on any atom is -0.492 e. The zero-order chi connectivity index (χ0) is 25.4. The van der Waals surface area contributed by atoms with E-state index in [1.165, 1.54) is 23.1 Å². The summed E-state index contributed by atoms with van der Waals surface area (Å²) < 4.78 is 62.7. The van der Waals surface area contributed by atoms with Gasteiger partial charge in [0, 0.05) is 30.7 Å². The summed E-state index contributed by atoms with van der Waals surface area (Å²) in [4.78, 5) is 27.2. The van der Waals surface area contributed by atoms with Crippen molar-refractivity contribution in [1.82, 2.24) is 9.80 Å². The highest BCUT2D eigenvalue weighted by molar-refractivity contribution is 5.78. The molecule has 1 aromatic rings. The number of carbonyl (C=O) groups excluding carboxylic acids is 1. The van der Waals surface area contributed by atoms with Crippen molar-refractivity contribution in [2.24, 2.45) is 5.41 Å². The second kappa shape index (κ2) is 9.48. The van der Waals surface area contributed by atoms with Crippen LogP contribution in [0, 0.1) is 11.2 Å². The van der Waals surface area contributed by atoms with Crippen molar-refractivity contribution < 1.29 is 41.7 Å². The van der Waals surface area contributed by atoms with Crippen LogP contribution in [0.15, 0.2) is 18.2 Å². The third kappa shape index (κ3) is 5.49. The fourth-order valence-corrected chi connectivity index (χ4v) is 5.01. The topological polar surface area (TPSA) is 79.3 Å². The molecule has 1 amide bonds. The molecule has 0 aromatic heterocycles. The van der Waals surface area contributed by atoms with Crippen LogP contribution in [0.2, 0.25) is 0 Å². The number of benzene rings is 1.